The van der Waals surface area contributed by atoms with Gasteiger partial charge in [0.1, 0.15) is 11.2 Å². The van der Waals surface area contributed by atoms with Crippen molar-refractivity contribution in [3.8, 4) is 22.3 Å². The van der Waals surface area contributed by atoms with Crippen molar-refractivity contribution in [1.82, 2.24) is 0 Å². The molecule has 2 aliphatic rings. The summed E-state index contributed by atoms with van der Waals surface area (Å²) in [6.07, 6.45) is 0. The fourth-order valence-corrected chi connectivity index (χ4v) is 8.55. The van der Waals surface area contributed by atoms with Gasteiger partial charge < -0.3 is 9.32 Å². The third-order valence-electron chi connectivity index (χ3n) is 11.2. The Balaban J connectivity index is 1.31. The zero-order valence-electron chi connectivity index (χ0n) is 28.9. The fraction of sp³-hybridized carbons (Fsp3) is 0.217. The van der Waals surface area contributed by atoms with Gasteiger partial charge >= 0.3 is 0 Å². The van der Waals surface area contributed by atoms with Crippen molar-refractivity contribution in [2.24, 2.45) is 0 Å². The highest BCUT2D eigenvalue weighted by Crippen LogP contribution is 2.54. The van der Waals surface area contributed by atoms with Gasteiger partial charge in [0.25, 0.3) is 0 Å². The lowest BCUT2D eigenvalue weighted by Crippen LogP contribution is -2.18. The highest BCUT2D eigenvalue weighted by molar-refractivity contribution is 6.13. The second-order valence-electron chi connectivity index (χ2n) is 15.8. The van der Waals surface area contributed by atoms with Crippen LogP contribution in [-0.4, -0.2) is 0 Å². The number of fused-ring (bicyclic) bond motifs is 9. The molecule has 2 heteroatoms. The first-order valence-corrected chi connectivity index (χ1v) is 17.2. The van der Waals surface area contributed by atoms with Gasteiger partial charge in [0.2, 0.25) is 0 Å². The highest BCUT2D eigenvalue weighted by Gasteiger charge is 2.38. The van der Waals surface area contributed by atoms with Crippen LogP contribution in [0, 0.1) is 0 Å². The minimum Gasteiger partial charge on any atom is -0.456 e. The standard InChI is InChI=1S/C46H41NO/c1-44(2,3)28-19-22-35-42(25-28)48-41-18-12-17-40(43(35)41)47(29-20-23-33-31-13-8-10-15-36(31)45(4,5)38(33)26-29)30-21-24-34-32-14-9-11-16-37(32)46(6,7)39(34)27-30/h8-27H,1-7H3. The predicted octanol–water partition coefficient (Wildman–Crippen LogP) is 13.0. The van der Waals surface area contributed by atoms with Crippen LogP contribution in [0.25, 0.3) is 44.2 Å². The molecular formula is C46H41NO. The number of nitrogens with zero attached hydrogens (tertiary/aromatic N) is 1. The molecular weight excluding hydrogens is 583 g/mol. The van der Waals surface area contributed by atoms with Crippen molar-refractivity contribution < 1.29 is 4.42 Å². The lowest BCUT2D eigenvalue weighted by molar-refractivity contribution is 0.587. The van der Waals surface area contributed by atoms with Crippen LogP contribution in [-0.2, 0) is 16.2 Å². The van der Waals surface area contributed by atoms with E-state index in [1.807, 2.05) is 0 Å². The lowest BCUT2D eigenvalue weighted by atomic mass is 9.82. The Bertz CT molecular complexity index is 2340. The van der Waals surface area contributed by atoms with E-state index in [-0.39, 0.29) is 16.2 Å². The molecule has 0 fully saturated rings. The Morgan fingerprint density at radius 3 is 1.60 bits per heavy atom. The summed E-state index contributed by atoms with van der Waals surface area (Å²) in [5.74, 6) is 0. The third-order valence-corrected chi connectivity index (χ3v) is 11.2. The van der Waals surface area contributed by atoms with Crippen molar-refractivity contribution in [2.75, 3.05) is 4.90 Å². The molecule has 9 rings (SSSR count). The van der Waals surface area contributed by atoms with Gasteiger partial charge in [-0.05, 0) is 98.0 Å². The van der Waals surface area contributed by atoms with Gasteiger partial charge in [-0.2, -0.15) is 0 Å². The van der Waals surface area contributed by atoms with Gasteiger partial charge in [0.15, 0.2) is 0 Å². The third kappa shape index (κ3) is 3.99. The summed E-state index contributed by atoms with van der Waals surface area (Å²) in [7, 11) is 0. The second kappa shape index (κ2) is 9.73. The molecule has 0 spiro atoms. The number of furan rings is 1. The van der Waals surface area contributed by atoms with E-state index in [4.69, 9.17) is 4.42 Å². The molecule has 0 radical (unpaired) electrons. The van der Waals surface area contributed by atoms with Crippen molar-refractivity contribution in [3.05, 3.63) is 149 Å². The molecule has 0 amide bonds. The topological polar surface area (TPSA) is 16.4 Å². The number of hydrogen-bond acceptors (Lipinski definition) is 2. The van der Waals surface area contributed by atoms with E-state index in [2.05, 4.69) is 175 Å². The smallest absolute Gasteiger partial charge is 0.137 e. The largest absolute Gasteiger partial charge is 0.456 e. The van der Waals surface area contributed by atoms with E-state index in [0.717, 1.165) is 39.0 Å². The number of hydrogen-bond donors (Lipinski definition) is 0. The summed E-state index contributed by atoms with van der Waals surface area (Å²) in [5.41, 5.74) is 17.2. The highest BCUT2D eigenvalue weighted by atomic mass is 16.3. The molecule has 0 bridgehead atoms. The summed E-state index contributed by atoms with van der Waals surface area (Å²) in [5, 5.41) is 2.28. The average molecular weight is 624 g/mol. The van der Waals surface area contributed by atoms with Gasteiger partial charge in [-0.3, -0.25) is 0 Å². The average Bonchev–Trinajstić information content (AvgIpc) is 3.64. The summed E-state index contributed by atoms with van der Waals surface area (Å²) >= 11 is 0. The zero-order chi connectivity index (χ0) is 33.2. The molecule has 2 aliphatic carbocycles. The first kappa shape index (κ1) is 29.1. The van der Waals surface area contributed by atoms with Crippen LogP contribution in [0.15, 0.2) is 126 Å². The molecule has 1 heterocycles. The molecule has 236 valence electrons. The van der Waals surface area contributed by atoms with Crippen LogP contribution in [0.4, 0.5) is 17.1 Å². The molecule has 0 atom stereocenters. The fourth-order valence-electron chi connectivity index (χ4n) is 8.55. The van der Waals surface area contributed by atoms with E-state index in [1.54, 1.807) is 0 Å². The number of anilines is 3. The van der Waals surface area contributed by atoms with E-state index < -0.39 is 0 Å². The van der Waals surface area contributed by atoms with Gasteiger partial charge in [0.05, 0.1) is 11.1 Å². The summed E-state index contributed by atoms with van der Waals surface area (Å²) < 4.78 is 6.62. The SMILES string of the molecule is CC(C)(C)c1ccc2c(c1)oc1cccc(N(c3ccc4c(c3)C(C)(C)c3ccccc3-4)c3ccc4c(c3)C(C)(C)c3ccccc3-4)c12. The maximum absolute atomic E-state index is 6.62. The maximum Gasteiger partial charge on any atom is 0.137 e. The Morgan fingerprint density at radius 2 is 1.04 bits per heavy atom. The number of benzene rings is 6. The van der Waals surface area contributed by atoms with E-state index in [9.17, 15) is 0 Å². The molecule has 0 saturated heterocycles. The first-order chi connectivity index (χ1) is 22.9. The zero-order valence-corrected chi connectivity index (χ0v) is 28.9. The van der Waals surface area contributed by atoms with Crippen LogP contribution in [0.3, 0.4) is 0 Å². The predicted molar refractivity (Wildman–Crippen MR) is 202 cm³/mol. The lowest BCUT2D eigenvalue weighted by Gasteiger charge is -2.30. The number of rotatable bonds is 3. The Labute approximate surface area is 283 Å². The van der Waals surface area contributed by atoms with E-state index >= 15 is 0 Å². The Hall–Kier alpha value is -5.08. The van der Waals surface area contributed by atoms with Crippen LogP contribution in [0.1, 0.15) is 76.3 Å². The van der Waals surface area contributed by atoms with Crippen LogP contribution in [0.2, 0.25) is 0 Å². The first-order valence-electron chi connectivity index (χ1n) is 17.2. The molecule has 2 nitrogen and oxygen atoms in total. The van der Waals surface area contributed by atoms with Crippen LogP contribution >= 0.6 is 0 Å². The van der Waals surface area contributed by atoms with Crippen LogP contribution in [0.5, 0.6) is 0 Å². The molecule has 1 aromatic heterocycles. The monoisotopic (exact) mass is 623 g/mol. The molecule has 48 heavy (non-hydrogen) atoms. The van der Waals surface area contributed by atoms with Crippen molar-refractivity contribution in [2.45, 2.75) is 64.7 Å². The molecule has 6 aromatic carbocycles. The molecule has 7 aromatic rings. The van der Waals surface area contributed by atoms with Gasteiger partial charge in [-0.1, -0.05) is 127 Å². The van der Waals surface area contributed by atoms with E-state index in [1.165, 1.54) is 50.1 Å². The van der Waals surface area contributed by atoms with Crippen molar-refractivity contribution >= 4 is 39.0 Å². The quantitative estimate of drug-likeness (QED) is 0.195. The van der Waals surface area contributed by atoms with Gasteiger partial charge in [-0.15, -0.1) is 0 Å². The van der Waals surface area contributed by atoms with E-state index in [0.29, 0.717) is 0 Å². The summed E-state index contributed by atoms with van der Waals surface area (Å²) in [6, 6.07) is 45.2. The molecule has 0 N–H and O–H groups in total. The Morgan fingerprint density at radius 1 is 0.500 bits per heavy atom. The molecule has 0 saturated carbocycles. The van der Waals surface area contributed by atoms with Crippen LogP contribution < -0.4 is 4.90 Å². The van der Waals surface area contributed by atoms with Crippen molar-refractivity contribution in [1.29, 1.82) is 0 Å². The molecule has 0 aliphatic heterocycles. The van der Waals surface area contributed by atoms with Crippen molar-refractivity contribution in [3.63, 3.8) is 0 Å². The Kier molecular flexibility index (Phi) is 5.90. The minimum atomic E-state index is -0.104. The summed E-state index contributed by atoms with van der Waals surface area (Å²) in [4.78, 5) is 2.47. The second-order valence-corrected chi connectivity index (χ2v) is 15.8. The normalized spacial score (nSPS) is 15.3. The summed E-state index contributed by atoms with van der Waals surface area (Å²) in [6.45, 7) is 16.2. The molecule has 0 unspecified atom stereocenters. The maximum atomic E-state index is 6.62. The minimum absolute atomic E-state index is 0.0334. The van der Waals surface area contributed by atoms with Gasteiger partial charge in [-0.25, -0.2) is 0 Å². The van der Waals surface area contributed by atoms with Gasteiger partial charge in [0, 0.05) is 27.6 Å².